The van der Waals surface area contributed by atoms with Crippen molar-refractivity contribution < 1.29 is 18.3 Å². The van der Waals surface area contributed by atoms with Crippen molar-refractivity contribution in [1.29, 1.82) is 0 Å². The van der Waals surface area contributed by atoms with Crippen LogP contribution < -0.4 is 5.73 Å². The Morgan fingerprint density at radius 3 is 2.38 bits per heavy atom. The number of carboxylic acids is 1. The molecule has 0 rings (SSSR count). The van der Waals surface area contributed by atoms with Gasteiger partial charge >= 0.3 is 5.97 Å². The first kappa shape index (κ1) is 15.4. The van der Waals surface area contributed by atoms with Gasteiger partial charge in [-0.05, 0) is 32.2 Å². The topological polar surface area (TPSA) is 97.5 Å². The van der Waals surface area contributed by atoms with Gasteiger partial charge in [0.2, 0.25) is 0 Å². The highest BCUT2D eigenvalue weighted by atomic mass is 32.2. The van der Waals surface area contributed by atoms with E-state index < -0.39 is 21.7 Å². The molecule has 0 aliphatic rings. The van der Waals surface area contributed by atoms with E-state index in [0.717, 1.165) is 0 Å². The number of hydrogen-bond acceptors (Lipinski definition) is 4. The Labute approximate surface area is 96.9 Å². The van der Waals surface area contributed by atoms with Gasteiger partial charge in [0.1, 0.15) is 9.84 Å². The van der Waals surface area contributed by atoms with Gasteiger partial charge in [-0.25, -0.2) is 8.42 Å². The molecule has 5 nitrogen and oxygen atoms in total. The number of nitrogens with two attached hydrogens (primary N) is 1. The van der Waals surface area contributed by atoms with Crippen molar-refractivity contribution in [1.82, 2.24) is 0 Å². The largest absolute Gasteiger partial charge is 0.481 e. The summed E-state index contributed by atoms with van der Waals surface area (Å²) in [5.41, 5.74) is 5.30. The summed E-state index contributed by atoms with van der Waals surface area (Å²) >= 11 is 0. The summed E-state index contributed by atoms with van der Waals surface area (Å²) < 4.78 is 22.8. The van der Waals surface area contributed by atoms with Gasteiger partial charge in [0, 0.05) is 5.75 Å². The zero-order chi connectivity index (χ0) is 12.6. The molecule has 0 bridgehead atoms. The summed E-state index contributed by atoms with van der Waals surface area (Å²) in [5.74, 6) is -1.42. The Balaban J connectivity index is 4.16. The molecule has 0 fully saturated rings. The zero-order valence-electron chi connectivity index (χ0n) is 9.68. The predicted octanol–water partition coefficient (Wildman–Crippen LogP) is 0.641. The average molecular weight is 251 g/mol. The van der Waals surface area contributed by atoms with Gasteiger partial charge < -0.3 is 10.8 Å². The number of sulfone groups is 1. The van der Waals surface area contributed by atoms with Gasteiger partial charge in [0.15, 0.2) is 0 Å². The highest BCUT2D eigenvalue weighted by molar-refractivity contribution is 7.91. The Kier molecular flexibility index (Phi) is 7.33. The molecule has 0 aromatic carbocycles. The van der Waals surface area contributed by atoms with E-state index in [1.54, 1.807) is 6.92 Å². The van der Waals surface area contributed by atoms with Crippen LogP contribution in [-0.2, 0) is 14.6 Å². The van der Waals surface area contributed by atoms with Crippen LogP contribution in [0.2, 0.25) is 0 Å². The van der Waals surface area contributed by atoms with Crippen molar-refractivity contribution in [2.24, 2.45) is 11.7 Å². The normalized spacial score (nSPS) is 13.6. The van der Waals surface area contributed by atoms with E-state index in [4.69, 9.17) is 10.8 Å². The molecule has 1 atom stereocenters. The maximum Gasteiger partial charge on any atom is 0.306 e. The second-order valence-electron chi connectivity index (χ2n) is 3.91. The molecule has 0 aliphatic carbocycles. The smallest absolute Gasteiger partial charge is 0.306 e. The minimum Gasteiger partial charge on any atom is -0.481 e. The number of hydrogen-bond donors (Lipinski definition) is 2. The van der Waals surface area contributed by atoms with Gasteiger partial charge in [0.05, 0.1) is 11.7 Å². The van der Waals surface area contributed by atoms with Gasteiger partial charge in [-0.1, -0.05) is 6.92 Å². The van der Waals surface area contributed by atoms with Crippen molar-refractivity contribution in [3.05, 3.63) is 0 Å². The Hall–Kier alpha value is -0.620. The molecule has 0 heterocycles. The lowest BCUT2D eigenvalue weighted by atomic mass is 10.0. The van der Waals surface area contributed by atoms with Crippen LogP contribution >= 0.6 is 0 Å². The van der Waals surface area contributed by atoms with Gasteiger partial charge in [-0.15, -0.1) is 0 Å². The van der Waals surface area contributed by atoms with Crippen molar-refractivity contribution in [2.75, 3.05) is 18.1 Å². The van der Waals surface area contributed by atoms with Crippen molar-refractivity contribution in [3.8, 4) is 0 Å². The third-order valence-electron chi connectivity index (χ3n) is 2.40. The maximum atomic E-state index is 11.4. The Bertz CT molecular complexity index is 300. The number of aliphatic carboxylic acids is 1. The highest BCUT2D eigenvalue weighted by Gasteiger charge is 2.20. The Morgan fingerprint density at radius 1 is 1.31 bits per heavy atom. The van der Waals surface area contributed by atoms with E-state index in [1.807, 2.05) is 0 Å². The second kappa shape index (κ2) is 7.62. The molecule has 0 radical (unpaired) electrons. The molecule has 96 valence electrons. The van der Waals surface area contributed by atoms with E-state index in [0.29, 0.717) is 25.8 Å². The summed E-state index contributed by atoms with van der Waals surface area (Å²) in [7, 11) is -3.08. The van der Waals surface area contributed by atoms with Crippen LogP contribution in [0.5, 0.6) is 0 Å². The second-order valence-corrected chi connectivity index (χ2v) is 6.21. The lowest BCUT2D eigenvalue weighted by Crippen LogP contribution is -2.20. The number of carboxylic acid groups (broad SMARTS) is 1. The SMILES string of the molecule is CCCS(=O)(=O)CCC(CCCN)C(=O)O. The lowest BCUT2D eigenvalue weighted by Gasteiger charge is -2.11. The minimum atomic E-state index is -3.08. The van der Waals surface area contributed by atoms with Crippen molar-refractivity contribution in [3.63, 3.8) is 0 Å². The molecule has 0 saturated heterocycles. The number of rotatable bonds is 9. The minimum absolute atomic E-state index is 0.0393. The Morgan fingerprint density at radius 2 is 1.94 bits per heavy atom. The average Bonchev–Trinajstić information content (AvgIpc) is 2.17. The maximum absolute atomic E-state index is 11.4. The molecule has 0 aromatic rings. The summed E-state index contributed by atoms with van der Waals surface area (Å²) in [6, 6.07) is 0. The van der Waals surface area contributed by atoms with E-state index in [1.165, 1.54) is 0 Å². The fraction of sp³-hybridized carbons (Fsp3) is 0.900. The van der Waals surface area contributed by atoms with Crippen molar-refractivity contribution >= 4 is 15.8 Å². The van der Waals surface area contributed by atoms with Gasteiger partial charge in [-0.3, -0.25) is 4.79 Å². The van der Waals surface area contributed by atoms with Crippen LogP contribution in [0.3, 0.4) is 0 Å². The van der Waals surface area contributed by atoms with Gasteiger partial charge in [0.25, 0.3) is 0 Å². The molecule has 0 amide bonds. The monoisotopic (exact) mass is 251 g/mol. The number of carbonyl (C=O) groups is 1. The molecular formula is C10H21NO4S. The molecule has 1 unspecified atom stereocenters. The van der Waals surface area contributed by atoms with Gasteiger partial charge in [-0.2, -0.15) is 0 Å². The third kappa shape index (κ3) is 6.79. The fourth-order valence-corrected chi connectivity index (χ4v) is 2.96. The van der Waals surface area contributed by atoms with Crippen LogP contribution in [0.15, 0.2) is 0 Å². The molecule has 16 heavy (non-hydrogen) atoms. The standard InChI is InChI=1S/C10H21NO4S/c1-2-7-16(14,15)8-5-9(10(12)13)4-3-6-11/h9H,2-8,11H2,1H3,(H,12,13). The quantitative estimate of drug-likeness (QED) is 0.626. The molecule has 3 N–H and O–H groups in total. The summed E-state index contributed by atoms with van der Waals surface area (Å²) in [5, 5.41) is 8.89. The van der Waals surface area contributed by atoms with E-state index in [2.05, 4.69) is 0 Å². The fourth-order valence-electron chi connectivity index (χ4n) is 1.49. The van der Waals surface area contributed by atoms with Crippen LogP contribution in [0.4, 0.5) is 0 Å². The van der Waals surface area contributed by atoms with Crippen LogP contribution in [0, 0.1) is 5.92 Å². The summed E-state index contributed by atoms with van der Waals surface area (Å²) in [6.07, 6.45) is 1.83. The van der Waals surface area contributed by atoms with Crippen LogP contribution in [-0.4, -0.2) is 37.5 Å². The molecule has 0 saturated carbocycles. The molecule has 0 aromatic heterocycles. The lowest BCUT2D eigenvalue weighted by molar-refractivity contribution is -0.142. The van der Waals surface area contributed by atoms with Crippen LogP contribution in [0.25, 0.3) is 0 Å². The first-order valence-electron chi connectivity index (χ1n) is 5.56. The zero-order valence-corrected chi connectivity index (χ0v) is 10.5. The van der Waals surface area contributed by atoms with E-state index >= 15 is 0 Å². The van der Waals surface area contributed by atoms with E-state index in [-0.39, 0.29) is 17.9 Å². The molecule has 6 heteroatoms. The van der Waals surface area contributed by atoms with Crippen LogP contribution in [0.1, 0.15) is 32.6 Å². The molecular weight excluding hydrogens is 230 g/mol. The highest BCUT2D eigenvalue weighted by Crippen LogP contribution is 2.13. The molecule has 0 spiro atoms. The molecule has 0 aliphatic heterocycles. The third-order valence-corrected chi connectivity index (χ3v) is 4.29. The van der Waals surface area contributed by atoms with E-state index in [9.17, 15) is 13.2 Å². The first-order valence-corrected chi connectivity index (χ1v) is 7.38. The summed E-state index contributed by atoms with van der Waals surface area (Å²) in [4.78, 5) is 10.8. The van der Waals surface area contributed by atoms with Crippen molar-refractivity contribution in [2.45, 2.75) is 32.6 Å². The first-order chi connectivity index (χ1) is 7.43. The summed E-state index contributed by atoms with van der Waals surface area (Å²) in [6.45, 7) is 2.23. The predicted molar refractivity (Wildman–Crippen MR) is 63.0 cm³/mol.